The van der Waals surface area contributed by atoms with Crippen LogP contribution in [0.3, 0.4) is 0 Å². The highest BCUT2D eigenvalue weighted by Gasteiger charge is 2.29. The minimum atomic E-state index is 0.161. The number of benzene rings is 1. The number of nitrogens with one attached hydrogen (secondary N) is 2. The summed E-state index contributed by atoms with van der Waals surface area (Å²) in [6, 6.07) is 9.22. The lowest BCUT2D eigenvalue weighted by Gasteiger charge is -2.29. The van der Waals surface area contributed by atoms with E-state index in [0.29, 0.717) is 12.0 Å². The Morgan fingerprint density at radius 1 is 1.03 bits per heavy atom. The summed E-state index contributed by atoms with van der Waals surface area (Å²) < 4.78 is 8.94. The molecule has 1 saturated carbocycles. The second-order valence-electron chi connectivity index (χ2n) is 9.44. The molecule has 2 atom stereocenters. The van der Waals surface area contributed by atoms with Gasteiger partial charge in [-0.3, -0.25) is 4.98 Å². The normalized spacial score (nSPS) is 22.4. The molecule has 168 valence electrons. The highest BCUT2D eigenvalue weighted by Crippen LogP contribution is 2.41. The van der Waals surface area contributed by atoms with Crippen molar-refractivity contribution < 1.29 is 4.74 Å². The quantitative estimate of drug-likeness (QED) is 0.624. The third-order valence-electron chi connectivity index (χ3n) is 7.18. The van der Waals surface area contributed by atoms with Crippen LogP contribution < -0.4 is 20.3 Å². The molecule has 2 aromatic heterocycles. The maximum Gasteiger partial charge on any atom is 0.146 e. The number of imidazole rings is 1. The van der Waals surface area contributed by atoms with E-state index in [1.54, 1.807) is 0 Å². The van der Waals surface area contributed by atoms with Crippen molar-refractivity contribution in [1.29, 1.82) is 0 Å². The maximum absolute atomic E-state index is 6.63. The molecule has 3 fully saturated rings. The highest BCUT2D eigenvalue weighted by atomic mass is 16.5. The third kappa shape index (κ3) is 3.84. The topological polar surface area (TPSA) is 67.2 Å². The number of anilines is 1. The number of nitrogens with zero attached hydrogens (tertiary/aromatic N) is 4. The molecule has 4 heterocycles. The fourth-order valence-electron chi connectivity index (χ4n) is 5.04. The van der Waals surface area contributed by atoms with Crippen LogP contribution in [0.2, 0.25) is 0 Å². The third-order valence-corrected chi connectivity index (χ3v) is 7.18. The highest BCUT2D eigenvalue weighted by molar-refractivity contribution is 5.87. The van der Waals surface area contributed by atoms with Crippen LogP contribution in [0.25, 0.3) is 22.3 Å². The van der Waals surface area contributed by atoms with Gasteiger partial charge in [-0.25, -0.2) is 4.98 Å². The zero-order valence-electron chi connectivity index (χ0n) is 18.8. The molecule has 3 aliphatic rings. The monoisotopic (exact) mass is 432 g/mol. The van der Waals surface area contributed by atoms with Crippen molar-refractivity contribution in [3.63, 3.8) is 0 Å². The van der Waals surface area contributed by atoms with E-state index < -0.39 is 0 Å². The van der Waals surface area contributed by atoms with Gasteiger partial charge in [0.05, 0.1) is 29.4 Å². The van der Waals surface area contributed by atoms with Gasteiger partial charge in [0.1, 0.15) is 17.4 Å². The van der Waals surface area contributed by atoms with Gasteiger partial charge < -0.3 is 24.8 Å². The van der Waals surface area contributed by atoms with Gasteiger partial charge in [0.25, 0.3) is 0 Å². The zero-order chi connectivity index (χ0) is 21.5. The van der Waals surface area contributed by atoms with Crippen molar-refractivity contribution in [2.45, 2.75) is 38.3 Å². The predicted octanol–water partition coefficient (Wildman–Crippen LogP) is 3.22. The Kier molecular flexibility index (Phi) is 5.23. The number of ether oxygens (including phenoxy) is 1. The minimum Gasteiger partial charge on any atom is -0.488 e. The van der Waals surface area contributed by atoms with Crippen molar-refractivity contribution in [3.8, 4) is 17.0 Å². The molecule has 32 heavy (non-hydrogen) atoms. The zero-order valence-corrected chi connectivity index (χ0v) is 18.8. The van der Waals surface area contributed by atoms with Gasteiger partial charge in [-0.1, -0.05) is 0 Å². The van der Waals surface area contributed by atoms with E-state index in [2.05, 4.69) is 51.3 Å². The van der Waals surface area contributed by atoms with Crippen LogP contribution in [0, 0.1) is 5.92 Å². The van der Waals surface area contributed by atoms with E-state index in [4.69, 9.17) is 14.7 Å². The second kappa shape index (κ2) is 8.37. The van der Waals surface area contributed by atoms with Gasteiger partial charge >= 0.3 is 0 Å². The summed E-state index contributed by atoms with van der Waals surface area (Å²) in [6.45, 7) is 8.41. The van der Waals surface area contributed by atoms with Crippen molar-refractivity contribution in [1.82, 2.24) is 25.2 Å². The molecule has 7 nitrogen and oxygen atoms in total. The molecule has 0 radical (unpaired) electrons. The molecule has 0 unspecified atom stereocenters. The molecule has 0 amide bonds. The van der Waals surface area contributed by atoms with Crippen molar-refractivity contribution >= 4 is 16.7 Å². The fourth-order valence-corrected chi connectivity index (χ4v) is 5.04. The minimum absolute atomic E-state index is 0.161. The lowest BCUT2D eigenvalue weighted by atomic mass is 10.0. The molecule has 2 aliphatic heterocycles. The maximum atomic E-state index is 6.63. The summed E-state index contributed by atoms with van der Waals surface area (Å²) in [5, 5.41) is 6.87. The van der Waals surface area contributed by atoms with Crippen molar-refractivity contribution in [2.75, 3.05) is 44.2 Å². The standard InChI is InChI=1S/C25H32N6O/c1-17(18-6-7-27-14-18)32-24-13-19(12-23-25(24)31(16-29-23)20-2-3-20)22-5-4-21(15-28-22)30-10-8-26-9-11-30/h4-5,12-13,15-18,20,26-27H,2-3,6-11,14H2,1H3/t17-,18-/m1/s1. The molecule has 2 saturated heterocycles. The Labute approximate surface area is 189 Å². The van der Waals surface area contributed by atoms with E-state index >= 15 is 0 Å². The average molecular weight is 433 g/mol. The van der Waals surface area contributed by atoms with Crippen LogP contribution in [0.1, 0.15) is 32.2 Å². The van der Waals surface area contributed by atoms with Crippen molar-refractivity contribution in [3.05, 3.63) is 36.8 Å². The van der Waals surface area contributed by atoms with Crippen molar-refractivity contribution in [2.24, 2.45) is 5.92 Å². The smallest absolute Gasteiger partial charge is 0.146 e. The van der Waals surface area contributed by atoms with E-state index in [1.165, 1.54) is 24.9 Å². The van der Waals surface area contributed by atoms with E-state index in [-0.39, 0.29) is 6.10 Å². The van der Waals surface area contributed by atoms with E-state index in [9.17, 15) is 0 Å². The number of aromatic nitrogens is 3. The lowest BCUT2D eigenvalue weighted by Crippen LogP contribution is -2.43. The molecule has 0 spiro atoms. The Morgan fingerprint density at radius 3 is 2.62 bits per heavy atom. The van der Waals surface area contributed by atoms with Crippen LogP contribution >= 0.6 is 0 Å². The van der Waals surface area contributed by atoms with Crippen LogP contribution in [-0.4, -0.2) is 59.9 Å². The molecule has 3 aromatic rings. The Balaban J connectivity index is 1.34. The first-order valence-electron chi connectivity index (χ1n) is 12.1. The summed E-state index contributed by atoms with van der Waals surface area (Å²) >= 11 is 0. The molecule has 2 N–H and O–H groups in total. The first-order valence-corrected chi connectivity index (χ1v) is 12.1. The molecule has 1 aliphatic carbocycles. The number of pyridine rings is 1. The molecule has 6 rings (SSSR count). The van der Waals surface area contributed by atoms with E-state index in [0.717, 1.165) is 67.3 Å². The Bertz CT molecular complexity index is 1080. The summed E-state index contributed by atoms with van der Waals surface area (Å²) in [6.07, 6.45) is 7.77. The molecule has 0 bridgehead atoms. The number of hydrogen-bond acceptors (Lipinski definition) is 6. The lowest BCUT2D eigenvalue weighted by molar-refractivity contribution is 0.163. The second-order valence-corrected chi connectivity index (χ2v) is 9.44. The van der Waals surface area contributed by atoms with Gasteiger partial charge in [0.2, 0.25) is 0 Å². The number of fused-ring (bicyclic) bond motifs is 1. The number of hydrogen-bond donors (Lipinski definition) is 2. The van der Waals surface area contributed by atoms with Crippen LogP contribution in [0.15, 0.2) is 36.8 Å². The first kappa shape index (κ1) is 20.0. The largest absolute Gasteiger partial charge is 0.488 e. The van der Waals surface area contributed by atoms with Gasteiger partial charge in [-0.05, 0) is 57.0 Å². The van der Waals surface area contributed by atoms with Gasteiger partial charge in [0.15, 0.2) is 0 Å². The van der Waals surface area contributed by atoms with E-state index in [1.807, 2.05) is 12.5 Å². The van der Waals surface area contributed by atoms with Crippen LogP contribution in [-0.2, 0) is 0 Å². The van der Waals surface area contributed by atoms with Gasteiger partial charge in [-0.15, -0.1) is 0 Å². The van der Waals surface area contributed by atoms with Gasteiger partial charge in [-0.2, -0.15) is 0 Å². The summed E-state index contributed by atoms with van der Waals surface area (Å²) in [5.74, 6) is 1.48. The Hall–Kier alpha value is -2.64. The SMILES string of the molecule is C[C@@H](Oc1cc(-c2ccc(N3CCNCC3)cn2)cc2ncn(C3CC3)c12)[C@@H]1CCNC1. The summed E-state index contributed by atoms with van der Waals surface area (Å²) in [4.78, 5) is 12.0. The first-order chi connectivity index (χ1) is 15.8. The van der Waals surface area contributed by atoms with Gasteiger partial charge in [0, 0.05) is 50.2 Å². The number of piperazine rings is 1. The Morgan fingerprint density at radius 2 is 1.91 bits per heavy atom. The summed E-state index contributed by atoms with van der Waals surface area (Å²) in [5.41, 5.74) is 5.35. The summed E-state index contributed by atoms with van der Waals surface area (Å²) in [7, 11) is 0. The molecular weight excluding hydrogens is 400 g/mol. The van der Waals surface area contributed by atoms with Crippen LogP contribution in [0.5, 0.6) is 5.75 Å². The average Bonchev–Trinajstić information content (AvgIpc) is 3.34. The number of rotatable bonds is 6. The van der Waals surface area contributed by atoms with Crippen LogP contribution in [0.4, 0.5) is 5.69 Å². The predicted molar refractivity (Wildman–Crippen MR) is 127 cm³/mol. The molecular formula is C25H32N6O. The molecule has 1 aromatic carbocycles. The fraction of sp³-hybridized carbons (Fsp3) is 0.520. The molecule has 7 heteroatoms.